The van der Waals surface area contributed by atoms with E-state index in [2.05, 4.69) is 9.97 Å². The maximum Gasteiger partial charge on any atom is 0.335 e. The van der Waals surface area contributed by atoms with E-state index in [4.69, 9.17) is 26.1 Å². The summed E-state index contributed by atoms with van der Waals surface area (Å²) in [6, 6.07) is 13.3. The Morgan fingerprint density at radius 2 is 2.00 bits per heavy atom. The highest BCUT2D eigenvalue weighted by Gasteiger charge is 2.22. The van der Waals surface area contributed by atoms with Crippen LogP contribution in [0.4, 0.5) is 0 Å². The molecule has 6 rings (SSSR count). The van der Waals surface area contributed by atoms with Crippen LogP contribution in [0.25, 0.3) is 39.0 Å². The van der Waals surface area contributed by atoms with Crippen molar-refractivity contribution >= 4 is 33.8 Å². The highest BCUT2D eigenvalue weighted by atomic mass is 35.5. The van der Waals surface area contributed by atoms with Crippen LogP contribution < -0.4 is 5.69 Å². The Balaban J connectivity index is 1.55. The van der Waals surface area contributed by atoms with Crippen LogP contribution in [0.2, 0.25) is 5.02 Å². The lowest BCUT2D eigenvalue weighted by Crippen LogP contribution is -2.35. The molecule has 0 radical (unpaired) electrons. The van der Waals surface area contributed by atoms with Gasteiger partial charge in [-0.2, -0.15) is 0 Å². The first-order valence-electron chi connectivity index (χ1n) is 10.7. The lowest BCUT2D eigenvalue weighted by Gasteiger charge is -2.23. The molecule has 5 heterocycles. The normalized spacial score (nSPS) is 16.6. The minimum absolute atomic E-state index is 0.180. The monoisotopic (exact) mass is 461 g/mol. The predicted octanol–water partition coefficient (Wildman–Crippen LogP) is 3.80. The van der Waals surface area contributed by atoms with Gasteiger partial charge in [0.15, 0.2) is 5.65 Å². The number of H-pyrrole nitrogens is 1. The van der Waals surface area contributed by atoms with Crippen molar-refractivity contribution in [3.8, 4) is 16.8 Å². The number of aromatic amines is 1. The number of nitrogens with one attached hydrogen (secondary N) is 1. The molecule has 0 amide bonds. The van der Waals surface area contributed by atoms with E-state index >= 15 is 0 Å². The molecule has 0 bridgehead atoms. The number of benzene rings is 1. The molecule has 1 N–H and O–H groups in total. The van der Waals surface area contributed by atoms with Crippen molar-refractivity contribution in [3.05, 3.63) is 76.6 Å². The van der Waals surface area contributed by atoms with Gasteiger partial charge in [-0.15, -0.1) is 0 Å². The molecule has 1 atom stereocenters. The Morgan fingerprint density at radius 3 is 2.82 bits per heavy atom. The Morgan fingerprint density at radius 1 is 1.12 bits per heavy atom. The zero-order chi connectivity index (χ0) is 22.4. The molecule has 1 aliphatic rings. The largest absolute Gasteiger partial charge is 0.376 e. The summed E-state index contributed by atoms with van der Waals surface area (Å²) in [5.74, 6) is 0. The highest BCUT2D eigenvalue weighted by molar-refractivity contribution is 6.38. The van der Waals surface area contributed by atoms with Crippen LogP contribution in [0.5, 0.6) is 0 Å². The van der Waals surface area contributed by atoms with Crippen LogP contribution in [0.15, 0.2) is 65.8 Å². The van der Waals surface area contributed by atoms with Crippen LogP contribution in [0.1, 0.15) is 0 Å². The minimum atomic E-state index is -0.212. The molecule has 33 heavy (non-hydrogen) atoms. The molecule has 4 aromatic heterocycles. The van der Waals surface area contributed by atoms with Crippen LogP contribution in [-0.2, 0) is 16.0 Å². The van der Waals surface area contributed by atoms with Gasteiger partial charge in [0.2, 0.25) is 0 Å². The first-order valence-corrected chi connectivity index (χ1v) is 11.1. The van der Waals surface area contributed by atoms with E-state index in [9.17, 15) is 4.79 Å². The molecular weight excluding hydrogens is 442 g/mol. The lowest BCUT2D eigenvalue weighted by molar-refractivity contribution is -0.0935. The number of aromatic nitrogens is 5. The lowest BCUT2D eigenvalue weighted by atomic mass is 10.1. The molecule has 1 fully saturated rings. The Bertz CT molecular complexity index is 1520. The van der Waals surface area contributed by atoms with E-state index in [1.807, 2.05) is 42.5 Å². The van der Waals surface area contributed by atoms with E-state index in [1.54, 1.807) is 27.7 Å². The fraction of sp³-hybridized carbons (Fsp3) is 0.208. The summed E-state index contributed by atoms with van der Waals surface area (Å²) in [5, 5.41) is 1.42. The summed E-state index contributed by atoms with van der Waals surface area (Å²) >= 11 is 6.70. The SMILES string of the molecule is O=c1n(C[C@H]2COCCO2)c2cc(-c3cnc4[nH]ccc4c3Cl)cnc2n1-c1ccccc1. The Labute approximate surface area is 193 Å². The standard InChI is InChI=1S/C24H20ClN5O3/c25-21-18-6-7-26-22(18)27-12-19(21)15-10-20-23(28-11-15)30(16-4-2-1-3-5-16)24(31)29(20)13-17-14-32-8-9-33-17/h1-7,10-12,17H,8-9,13-14H2,(H,26,27)/t17-/m0/s1. The number of hydrogen-bond donors (Lipinski definition) is 1. The van der Waals surface area contributed by atoms with Crippen LogP contribution in [0, 0.1) is 0 Å². The van der Waals surface area contributed by atoms with Gasteiger partial charge >= 0.3 is 5.69 Å². The fourth-order valence-electron chi connectivity index (χ4n) is 4.29. The molecule has 9 heteroatoms. The maximum absolute atomic E-state index is 13.6. The van der Waals surface area contributed by atoms with Gasteiger partial charge in [-0.05, 0) is 24.3 Å². The first-order chi connectivity index (χ1) is 16.2. The van der Waals surface area contributed by atoms with Crippen LogP contribution >= 0.6 is 11.6 Å². The quantitative estimate of drug-likeness (QED) is 0.440. The summed E-state index contributed by atoms with van der Waals surface area (Å²) in [5.41, 5.74) is 4.09. The topological polar surface area (TPSA) is 87.0 Å². The van der Waals surface area contributed by atoms with E-state index in [0.717, 1.165) is 27.8 Å². The van der Waals surface area contributed by atoms with Crippen molar-refractivity contribution < 1.29 is 9.47 Å². The summed E-state index contributed by atoms with van der Waals surface area (Å²) in [7, 11) is 0. The number of ether oxygens (including phenoxy) is 2. The number of pyridine rings is 2. The molecule has 0 spiro atoms. The molecule has 0 aliphatic carbocycles. The second kappa shape index (κ2) is 8.15. The average Bonchev–Trinajstić information content (AvgIpc) is 3.44. The third kappa shape index (κ3) is 3.43. The molecule has 8 nitrogen and oxygen atoms in total. The van der Waals surface area contributed by atoms with E-state index in [-0.39, 0.29) is 11.8 Å². The van der Waals surface area contributed by atoms with E-state index in [1.165, 1.54) is 0 Å². The zero-order valence-corrected chi connectivity index (χ0v) is 18.3. The summed E-state index contributed by atoms with van der Waals surface area (Å²) in [4.78, 5) is 25.8. The Kier molecular flexibility index (Phi) is 4.98. The Hall–Kier alpha value is -3.46. The van der Waals surface area contributed by atoms with Gasteiger partial charge in [0, 0.05) is 35.1 Å². The number of imidazole rings is 1. The molecule has 5 aromatic rings. The van der Waals surface area contributed by atoms with Crippen molar-refractivity contribution in [2.24, 2.45) is 0 Å². The number of fused-ring (bicyclic) bond motifs is 2. The highest BCUT2D eigenvalue weighted by Crippen LogP contribution is 2.33. The molecule has 0 unspecified atom stereocenters. The molecular formula is C24H20ClN5O3. The van der Waals surface area contributed by atoms with Crippen molar-refractivity contribution in [1.82, 2.24) is 24.1 Å². The second-order valence-corrected chi connectivity index (χ2v) is 8.30. The summed E-state index contributed by atoms with van der Waals surface area (Å²) in [6.07, 6.45) is 5.04. The summed E-state index contributed by atoms with van der Waals surface area (Å²) in [6.45, 7) is 1.88. The van der Waals surface area contributed by atoms with Gasteiger partial charge in [-0.1, -0.05) is 29.8 Å². The fourth-order valence-corrected chi connectivity index (χ4v) is 4.60. The first kappa shape index (κ1) is 20.2. The van der Waals surface area contributed by atoms with E-state index < -0.39 is 0 Å². The number of halogens is 1. The zero-order valence-electron chi connectivity index (χ0n) is 17.6. The number of hydrogen-bond acceptors (Lipinski definition) is 5. The molecule has 166 valence electrons. The van der Waals surface area contributed by atoms with Gasteiger partial charge in [-0.25, -0.2) is 19.3 Å². The molecule has 1 aromatic carbocycles. The molecule has 1 saturated heterocycles. The van der Waals surface area contributed by atoms with Gasteiger partial charge in [0.1, 0.15) is 5.65 Å². The minimum Gasteiger partial charge on any atom is -0.376 e. The average molecular weight is 462 g/mol. The molecule has 0 saturated carbocycles. The second-order valence-electron chi connectivity index (χ2n) is 7.92. The van der Waals surface area contributed by atoms with Crippen molar-refractivity contribution in [1.29, 1.82) is 0 Å². The van der Waals surface area contributed by atoms with Crippen molar-refractivity contribution in [2.75, 3.05) is 19.8 Å². The number of rotatable bonds is 4. The summed E-state index contributed by atoms with van der Waals surface area (Å²) < 4.78 is 14.7. The smallest absolute Gasteiger partial charge is 0.335 e. The van der Waals surface area contributed by atoms with Crippen molar-refractivity contribution in [3.63, 3.8) is 0 Å². The molecule has 1 aliphatic heterocycles. The third-order valence-electron chi connectivity index (χ3n) is 5.89. The van der Waals surface area contributed by atoms with E-state index in [0.29, 0.717) is 42.6 Å². The maximum atomic E-state index is 13.6. The van der Waals surface area contributed by atoms with Gasteiger partial charge in [0.25, 0.3) is 0 Å². The van der Waals surface area contributed by atoms with Crippen LogP contribution in [0.3, 0.4) is 0 Å². The van der Waals surface area contributed by atoms with Gasteiger partial charge in [0.05, 0.1) is 48.7 Å². The third-order valence-corrected chi connectivity index (χ3v) is 6.30. The van der Waals surface area contributed by atoms with Gasteiger partial charge < -0.3 is 14.5 Å². The van der Waals surface area contributed by atoms with Crippen molar-refractivity contribution in [2.45, 2.75) is 12.6 Å². The van der Waals surface area contributed by atoms with Gasteiger partial charge in [-0.3, -0.25) is 4.57 Å². The number of para-hydroxylation sites is 1. The van der Waals surface area contributed by atoms with Crippen LogP contribution in [-0.4, -0.2) is 50.0 Å². The number of nitrogens with zero attached hydrogens (tertiary/aromatic N) is 4. The predicted molar refractivity (Wildman–Crippen MR) is 126 cm³/mol.